The van der Waals surface area contributed by atoms with Gasteiger partial charge in [0.25, 0.3) is 0 Å². The molecule has 1 heterocycles. The van der Waals surface area contributed by atoms with Gasteiger partial charge in [-0.25, -0.2) is 4.98 Å². The monoisotopic (exact) mass is 280 g/mol. The van der Waals surface area contributed by atoms with Gasteiger partial charge in [0.15, 0.2) is 0 Å². The summed E-state index contributed by atoms with van der Waals surface area (Å²) in [5.41, 5.74) is 1.55. The van der Waals surface area contributed by atoms with Gasteiger partial charge in [-0.2, -0.15) is 0 Å². The molecule has 0 radical (unpaired) electrons. The molecule has 2 saturated carbocycles. The van der Waals surface area contributed by atoms with Crippen molar-refractivity contribution in [3.63, 3.8) is 0 Å². The second-order valence-electron chi connectivity index (χ2n) is 6.74. The lowest BCUT2D eigenvalue weighted by molar-refractivity contribution is -0.0561. The number of rotatable bonds is 3. The van der Waals surface area contributed by atoms with Gasteiger partial charge in [0.1, 0.15) is 5.15 Å². The van der Waals surface area contributed by atoms with E-state index < -0.39 is 0 Å². The van der Waals surface area contributed by atoms with Crippen molar-refractivity contribution in [2.24, 2.45) is 16.7 Å². The van der Waals surface area contributed by atoms with E-state index in [0.29, 0.717) is 28.7 Å². The van der Waals surface area contributed by atoms with E-state index in [-0.39, 0.29) is 0 Å². The molecule has 3 atom stereocenters. The minimum absolute atomic E-state index is 0.303. The van der Waals surface area contributed by atoms with Crippen molar-refractivity contribution in [2.45, 2.75) is 52.7 Å². The maximum absolute atomic E-state index is 6.16. The third-order valence-electron chi connectivity index (χ3n) is 5.82. The minimum atomic E-state index is 0.303. The molecular weight excluding hydrogens is 260 g/mol. The second-order valence-corrected chi connectivity index (χ2v) is 7.13. The minimum Gasteiger partial charge on any atom is -0.371 e. The van der Waals surface area contributed by atoms with Crippen LogP contribution in [0, 0.1) is 16.7 Å². The average Bonchev–Trinajstić information content (AvgIpc) is 2.71. The van der Waals surface area contributed by atoms with Gasteiger partial charge in [-0.3, -0.25) is 4.98 Å². The molecule has 0 aromatic carbocycles. The van der Waals surface area contributed by atoms with Crippen LogP contribution in [0.3, 0.4) is 0 Å². The van der Waals surface area contributed by atoms with Crippen LogP contribution in [0.25, 0.3) is 0 Å². The van der Waals surface area contributed by atoms with Gasteiger partial charge in [-0.15, -0.1) is 0 Å². The Bertz CT molecular complexity index is 474. The Morgan fingerprint density at radius 1 is 1.32 bits per heavy atom. The number of halogens is 1. The van der Waals surface area contributed by atoms with E-state index in [9.17, 15) is 0 Å². The zero-order chi connectivity index (χ0) is 13.7. The van der Waals surface area contributed by atoms with Gasteiger partial charge in [0, 0.05) is 0 Å². The first-order valence-electron chi connectivity index (χ1n) is 7.01. The van der Waals surface area contributed by atoms with E-state index in [0.717, 1.165) is 11.6 Å². The number of aromatic nitrogens is 2. The van der Waals surface area contributed by atoms with Crippen LogP contribution in [0.5, 0.6) is 0 Å². The van der Waals surface area contributed by atoms with E-state index in [2.05, 4.69) is 30.7 Å². The Labute approximate surface area is 119 Å². The van der Waals surface area contributed by atoms with Gasteiger partial charge in [0.05, 0.1) is 30.8 Å². The van der Waals surface area contributed by atoms with E-state index in [1.165, 1.54) is 19.3 Å². The first-order valence-corrected chi connectivity index (χ1v) is 7.39. The van der Waals surface area contributed by atoms with Crippen molar-refractivity contribution in [3.8, 4) is 0 Å². The fourth-order valence-electron chi connectivity index (χ4n) is 3.98. The van der Waals surface area contributed by atoms with Crippen molar-refractivity contribution in [1.29, 1.82) is 0 Å². The fourth-order valence-corrected chi connectivity index (χ4v) is 4.08. The van der Waals surface area contributed by atoms with E-state index in [1.54, 1.807) is 12.4 Å². The molecule has 0 spiro atoms. The van der Waals surface area contributed by atoms with Gasteiger partial charge in [0.2, 0.25) is 0 Å². The predicted molar refractivity (Wildman–Crippen MR) is 74.8 cm³/mol. The maximum Gasteiger partial charge on any atom is 0.147 e. The summed E-state index contributed by atoms with van der Waals surface area (Å²) in [4.78, 5) is 8.28. The van der Waals surface area contributed by atoms with Crippen molar-refractivity contribution >= 4 is 11.6 Å². The molecule has 2 aliphatic rings. The van der Waals surface area contributed by atoms with Crippen LogP contribution in [0.15, 0.2) is 12.4 Å². The van der Waals surface area contributed by atoms with Crippen molar-refractivity contribution < 1.29 is 4.74 Å². The van der Waals surface area contributed by atoms with Crippen LogP contribution in [0.1, 0.15) is 45.7 Å². The predicted octanol–water partition coefficient (Wildman–Crippen LogP) is 3.86. The molecule has 19 heavy (non-hydrogen) atoms. The quantitative estimate of drug-likeness (QED) is 0.843. The number of hydrogen-bond donors (Lipinski definition) is 0. The molecule has 3 rings (SSSR count). The lowest BCUT2D eigenvalue weighted by Gasteiger charge is -2.38. The summed E-state index contributed by atoms with van der Waals surface area (Å²) in [5, 5.41) is 0.428. The molecule has 1 aromatic heterocycles. The molecule has 0 amide bonds. The summed E-state index contributed by atoms with van der Waals surface area (Å²) >= 11 is 5.74. The number of hydrogen-bond acceptors (Lipinski definition) is 3. The molecule has 2 aliphatic carbocycles. The molecule has 3 nitrogen and oxygen atoms in total. The summed E-state index contributed by atoms with van der Waals surface area (Å²) in [7, 11) is 0. The van der Waals surface area contributed by atoms with Gasteiger partial charge in [-0.1, -0.05) is 32.4 Å². The largest absolute Gasteiger partial charge is 0.371 e. The van der Waals surface area contributed by atoms with Crippen LogP contribution in [0.4, 0.5) is 0 Å². The molecule has 3 unspecified atom stereocenters. The summed E-state index contributed by atoms with van der Waals surface area (Å²) in [6.07, 6.45) is 7.44. The van der Waals surface area contributed by atoms with Crippen molar-refractivity contribution in [1.82, 2.24) is 9.97 Å². The Kier molecular flexibility index (Phi) is 3.10. The Hall–Kier alpha value is -0.670. The highest BCUT2D eigenvalue weighted by Gasteiger charge is 2.61. The first kappa shape index (κ1) is 13.3. The highest BCUT2D eigenvalue weighted by molar-refractivity contribution is 6.29. The highest BCUT2D eigenvalue weighted by atomic mass is 35.5. The molecule has 0 N–H and O–H groups in total. The third kappa shape index (κ3) is 1.98. The third-order valence-corrected chi connectivity index (χ3v) is 6.02. The Balaban J connectivity index is 1.67. The topological polar surface area (TPSA) is 35.0 Å². The summed E-state index contributed by atoms with van der Waals surface area (Å²) in [6.45, 7) is 7.72. The zero-order valence-corrected chi connectivity index (χ0v) is 12.6. The smallest absolute Gasteiger partial charge is 0.147 e. The molecule has 0 saturated heterocycles. The molecule has 1 aromatic rings. The molecular formula is C15H21ClN2O. The molecule has 2 bridgehead atoms. The van der Waals surface area contributed by atoms with Crippen LogP contribution < -0.4 is 0 Å². The van der Waals surface area contributed by atoms with E-state index in [1.807, 2.05) is 0 Å². The number of fused-ring (bicyclic) bond motifs is 2. The average molecular weight is 281 g/mol. The maximum atomic E-state index is 6.16. The van der Waals surface area contributed by atoms with Crippen molar-refractivity contribution in [3.05, 3.63) is 23.2 Å². The highest BCUT2D eigenvalue weighted by Crippen LogP contribution is 2.66. The Morgan fingerprint density at radius 2 is 2.11 bits per heavy atom. The molecule has 2 fully saturated rings. The van der Waals surface area contributed by atoms with Crippen LogP contribution in [-0.2, 0) is 11.3 Å². The Morgan fingerprint density at radius 3 is 2.63 bits per heavy atom. The molecule has 4 heteroatoms. The van der Waals surface area contributed by atoms with Crippen LogP contribution in [0.2, 0.25) is 5.15 Å². The van der Waals surface area contributed by atoms with E-state index >= 15 is 0 Å². The standard InChI is InChI=1S/C15H21ClN2O/c1-14(2)10-4-5-15(14,3)12(6-10)19-9-11-7-18-13(16)8-17-11/h7-8,10,12H,4-6,9H2,1-3H3. The SMILES string of the molecule is CC1(C)C2CCC1(C)C(OCc1cnc(Cl)cn1)C2. The number of ether oxygens (including phenoxy) is 1. The fraction of sp³-hybridized carbons (Fsp3) is 0.733. The summed E-state index contributed by atoms with van der Waals surface area (Å²) in [6, 6.07) is 0. The van der Waals surface area contributed by atoms with Crippen LogP contribution >= 0.6 is 11.6 Å². The van der Waals surface area contributed by atoms with Gasteiger partial charge in [-0.05, 0) is 36.0 Å². The zero-order valence-electron chi connectivity index (χ0n) is 11.8. The van der Waals surface area contributed by atoms with Gasteiger partial charge >= 0.3 is 0 Å². The van der Waals surface area contributed by atoms with E-state index in [4.69, 9.17) is 16.3 Å². The van der Waals surface area contributed by atoms with Crippen molar-refractivity contribution in [2.75, 3.05) is 0 Å². The second kappa shape index (κ2) is 4.42. The molecule has 104 valence electrons. The summed E-state index contributed by atoms with van der Waals surface area (Å²) in [5.74, 6) is 0.804. The molecule has 0 aliphatic heterocycles. The normalized spacial score (nSPS) is 35.8. The van der Waals surface area contributed by atoms with Crippen LogP contribution in [-0.4, -0.2) is 16.1 Å². The summed E-state index contributed by atoms with van der Waals surface area (Å²) < 4.78 is 6.16. The van der Waals surface area contributed by atoms with Gasteiger partial charge < -0.3 is 4.74 Å². The lowest BCUT2D eigenvalue weighted by atomic mass is 9.70. The number of nitrogens with zero attached hydrogens (tertiary/aromatic N) is 2. The first-order chi connectivity index (χ1) is 8.93. The lowest BCUT2D eigenvalue weighted by Crippen LogP contribution is -2.37.